The van der Waals surface area contributed by atoms with E-state index in [9.17, 15) is 4.79 Å². The quantitative estimate of drug-likeness (QED) is 0.289. The van der Waals surface area contributed by atoms with Crippen molar-refractivity contribution in [2.75, 3.05) is 52.6 Å². The van der Waals surface area contributed by atoms with Gasteiger partial charge in [0.1, 0.15) is 0 Å². The van der Waals surface area contributed by atoms with Crippen molar-refractivity contribution < 1.29 is 19.0 Å². The van der Waals surface area contributed by atoms with Crippen LogP contribution in [-0.4, -0.2) is 75.5 Å². The van der Waals surface area contributed by atoms with Crippen LogP contribution in [0.15, 0.2) is 4.99 Å². The van der Waals surface area contributed by atoms with E-state index in [2.05, 4.69) is 17.1 Å². The zero-order valence-electron chi connectivity index (χ0n) is 16.4. The number of ether oxygens (including phenoxy) is 3. The molecule has 0 radical (unpaired) electrons. The fourth-order valence-corrected chi connectivity index (χ4v) is 3.36. The topological polar surface area (TPSA) is 72.4 Å². The van der Waals surface area contributed by atoms with Crippen LogP contribution in [0.2, 0.25) is 0 Å². The third-order valence-electron chi connectivity index (χ3n) is 4.79. The molecule has 1 unspecified atom stereocenters. The Labute approximate surface area is 157 Å². The summed E-state index contributed by atoms with van der Waals surface area (Å²) in [6.45, 7) is 9.93. The average Bonchev–Trinajstić information content (AvgIpc) is 3.17. The lowest BCUT2D eigenvalue weighted by atomic mass is 9.97. The molecule has 1 N–H and O–H groups in total. The Balaban J connectivity index is 1.66. The second-order valence-electron chi connectivity index (χ2n) is 6.81. The molecular weight excluding hydrogens is 334 g/mol. The molecule has 0 saturated carbocycles. The van der Waals surface area contributed by atoms with E-state index in [4.69, 9.17) is 19.2 Å². The number of aliphatic imine (C=N–C) groups is 1. The predicted octanol–water partition coefficient (Wildman–Crippen LogP) is 1.81. The highest BCUT2D eigenvalue weighted by Crippen LogP contribution is 2.18. The number of nitrogens with one attached hydrogen (secondary N) is 1. The van der Waals surface area contributed by atoms with Crippen LogP contribution in [-0.2, 0) is 19.0 Å². The monoisotopic (exact) mass is 369 g/mol. The minimum atomic E-state index is -0.0579. The fourth-order valence-electron chi connectivity index (χ4n) is 3.36. The first-order valence-electron chi connectivity index (χ1n) is 10.1. The van der Waals surface area contributed by atoms with E-state index in [1.807, 2.05) is 6.92 Å². The number of carbonyl (C=O) groups excluding carboxylic acids is 1. The molecule has 1 atom stereocenters. The third-order valence-corrected chi connectivity index (χ3v) is 4.79. The van der Waals surface area contributed by atoms with Gasteiger partial charge in [-0.05, 0) is 46.0 Å². The van der Waals surface area contributed by atoms with Gasteiger partial charge in [-0.3, -0.25) is 9.79 Å². The van der Waals surface area contributed by atoms with Crippen LogP contribution in [0.5, 0.6) is 0 Å². The van der Waals surface area contributed by atoms with Gasteiger partial charge in [0.2, 0.25) is 0 Å². The predicted molar refractivity (Wildman–Crippen MR) is 101 cm³/mol. The van der Waals surface area contributed by atoms with Gasteiger partial charge in [-0.2, -0.15) is 0 Å². The van der Waals surface area contributed by atoms with E-state index in [0.29, 0.717) is 19.8 Å². The minimum Gasteiger partial charge on any atom is -0.466 e. The number of hydrogen-bond donors (Lipinski definition) is 1. The van der Waals surface area contributed by atoms with Gasteiger partial charge in [-0.1, -0.05) is 0 Å². The molecule has 2 aliphatic rings. The minimum absolute atomic E-state index is 0.0280. The molecule has 0 aromatic carbocycles. The van der Waals surface area contributed by atoms with Crippen molar-refractivity contribution in [1.29, 1.82) is 0 Å². The molecule has 0 amide bonds. The summed E-state index contributed by atoms with van der Waals surface area (Å²) in [5.74, 6) is 0.909. The lowest BCUT2D eigenvalue weighted by molar-refractivity contribution is -0.149. The summed E-state index contributed by atoms with van der Waals surface area (Å²) in [6, 6.07) is 0. The molecule has 150 valence electrons. The SMILES string of the molecule is CCNC(=NCCCOCC1CCCO1)N1CCC(C(=O)OCC)CC1. The lowest BCUT2D eigenvalue weighted by Crippen LogP contribution is -2.46. The molecule has 0 aromatic heterocycles. The first-order valence-corrected chi connectivity index (χ1v) is 10.1. The van der Waals surface area contributed by atoms with Crippen LogP contribution in [0.4, 0.5) is 0 Å². The number of rotatable bonds is 9. The second kappa shape index (κ2) is 12.1. The van der Waals surface area contributed by atoms with Crippen LogP contribution in [0.3, 0.4) is 0 Å². The van der Waals surface area contributed by atoms with E-state index in [1.165, 1.54) is 0 Å². The van der Waals surface area contributed by atoms with Gasteiger partial charge in [0.25, 0.3) is 0 Å². The van der Waals surface area contributed by atoms with Crippen molar-refractivity contribution in [3.63, 3.8) is 0 Å². The Hall–Kier alpha value is -1.34. The molecular formula is C19H35N3O4. The van der Waals surface area contributed by atoms with Crippen molar-refractivity contribution in [2.45, 2.75) is 52.1 Å². The van der Waals surface area contributed by atoms with Crippen molar-refractivity contribution in [3.05, 3.63) is 0 Å². The van der Waals surface area contributed by atoms with Crippen molar-refractivity contribution in [2.24, 2.45) is 10.9 Å². The van der Waals surface area contributed by atoms with E-state index >= 15 is 0 Å². The number of piperidine rings is 1. The molecule has 26 heavy (non-hydrogen) atoms. The van der Waals surface area contributed by atoms with Crippen LogP contribution < -0.4 is 5.32 Å². The summed E-state index contributed by atoms with van der Waals surface area (Å²) >= 11 is 0. The van der Waals surface area contributed by atoms with Gasteiger partial charge in [0.05, 0.1) is 25.2 Å². The van der Waals surface area contributed by atoms with Gasteiger partial charge < -0.3 is 24.4 Å². The first-order chi connectivity index (χ1) is 12.7. The average molecular weight is 370 g/mol. The summed E-state index contributed by atoms with van der Waals surface area (Å²) < 4.78 is 16.4. The highest BCUT2D eigenvalue weighted by atomic mass is 16.5. The largest absolute Gasteiger partial charge is 0.466 e. The van der Waals surface area contributed by atoms with Crippen LogP contribution in [0.25, 0.3) is 0 Å². The smallest absolute Gasteiger partial charge is 0.309 e. The van der Waals surface area contributed by atoms with Crippen LogP contribution >= 0.6 is 0 Å². The Morgan fingerprint density at radius 2 is 2.08 bits per heavy atom. The maximum absolute atomic E-state index is 11.9. The molecule has 7 heteroatoms. The molecule has 2 fully saturated rings. The molecule has 0 aromatic rings. The molecule has 0 bridgehead atoms. The third kappa shape index (κ3) is 7.11. The highest BCUT2D eigenvalue weighted by molar-refractivity contribution is 5.80. The first kappa shape index (κ1) is 21.0. The molecule has 7 nitrogen and oxygen atoms in total. The number of carbonyl (C=O) groups is 1. The van der Waals surface area contributed by atoms with Gasteiger partial charge in [0, 0.05) is 39.4 Å². The maximum Gasteiger partial charge on any atom is 0.309 e. The Morgan fingerprint density at radius 1 is 1.27 bits per heavy atom. The Bertz CT molecular complexity index is 431. The molecule has 2 rings (SSSR count). The molecule has 0 spiro atoms. The summed E-state index contributed by atoms with van der Waals surface area (Å²) in [5, 5.41) is 3.36. The van der Waals surface area contributed by atoms with E-state index in [0.717, 1.165) is 70.8 Å². The summed E-state index contributed by atoms with van der Waals surface area (Å²) in [5.41, 5.74) is 0. The highest BCUT2D eigenvalue weighted by Gasteiger charge is 2.27. The van der Waals surface area contributed by atoms with E-state index in [1.54, 1.807) is 0 Å². The maximum atomic E-state index is 11.9. The number of esters is 1. The van der Waals surface area contributed by atoms with Crippen molar-refractivity contribution >= 4 is 11.9 Å². The lowest BCUT2D eigenvalue weighted by Gasteiger charge is -2.33. The summed E-state index contributed by atoms with van der Waals surface area (Å²) in [7, 11) is 0. The zero-order chi connectivity index (χ0) is 18.6. The molecule has 2 heterocycles. The molecule has 2 saturated heterocycles. The summed E-state index contributed by atoms with van der Waals surface area (Å²) in [6.07, 6.45) is 5.11. The Morgan fingerprint density at radius 3 is 2.73 bits per heavy atom. The Kier molecular flexibility index (Phi) is 9.77. The normalized spacial score (nSPS) is 21.8. The van der Waals surface area contributed by atoms with Gasteiger partial charge in [0.15, 0.2) is 5.96 Å². The van der Waals surface area contributed by atoms with Gasteiger partial charge in [-0.25, -0.2) is 0 Å². The number of nitrogens with zero attached hydrogens (tertiary/aromatic N) is 2. The van der Waals surface area contributed by atoms with Crippen LogP contribution in [0.1, 0.15) is 46.0 Å². The molecule has 0 aliphatic carbocycles. The molecule has 2 aliphatic heterocycles. The van der Waals surface area contributed by atoms with Gasteiger partial charge >= 0.3 is 5.97 Å². The van der Waals surface area contributed by atoms with Crippen molar-refractivity contribution in [3.8, 4) is 0 Å². The summed E-state index contributed by atoms with van der Waals surface area (Å²) in [4.78, 5) is 18.8. The standard InChI is InChI=1S/C19H35N3O4/c1-3-20-19(21-10-6-13-24-15-17-7-5-14-26-17)22-11-8-16(9-12-22)18(23)25-4-2/h16-17H,3-15H2,1-2H3,(H,20,21). The van der Waals surface area contributed by atoms with Crippen molar-refractivity contribution in [1.82, 2.24) is 10.2 Å². The van der Waals surface area contributed by atoms with E-state index in [-0.39, 0.29) is 18.0 Å². The van der Waals surface area contributed by atoms with E-state index < -0.39 is 0 Å². The number of guanidine groups is 1. The zero-order valence-corrected chi connectivity index (χ0v) is 16.4. The van der Waals surface area contributed by atoms with Gasteiger partial charge in [-0.15, -0.1) is 0 Å². The second-order valence-corrected chi connectivity index (χ2v) is 6.81. The number of likely N-dealkylation sites (tertiary alicyclic amines) is 1. The number of hydrogen-bond acceptors (Lipinski definition) is 5. The van der Waals surface area contributed by atoms with Crippen LogP contribution in [0, 0.1) is 5.92 Å². The fraction of sp³-hybridized carbons (Fsp3) is 0.895.